The third-order valence-electron chi connectivity index (χ3n) is 5.66. The predicted octanol–water partition coefficient (Wildman–Crippen LogP) is 5.22. The number of carbonyl (C=O) groups is 1. The number of aliphatic hydroxyl groups excluding tert-OH is 1. The number of aryl methyl sites for hydroxylation is 1. The molecular weight excluding hydrogens is 336 g/mol. The normalized spacial score (nSPS) is 27.7. The summed E-state index contributed by atoms with van der Waals surface area (Å²) in [6.45, 7) is 11.4. The van der Waals surface area contributed by atoms with Crippen LogP contribution in [0.15, 0.2) is 42.0 Å². The van der Waals surface area contributed by atoms with Gasteiger partial charge in [0.05, 0.1) is 12.5 Å². The SMILES string of the molecule is Cc1cccc(C2=C(C=CC3CC(O)CC(=O)O3)C(C)(C)CC(C)(C)C2)c1. The summed E-state index contributed by atoms with van der Waals surface area (Å²) in [6.07, 6.45) is 5.84. The lowest BCUT2D eigenvalue weighted by Gasteiger charge is -2.43. The number of hydrogen-bond acceptors (Lipinski definition) is 3. The lowest BCUT2D eigenvalue weighted by molar-refractivity contribution is -0.156. The zero-order valence-electron chi connectivity index (χ0n) is 17.2. The quantitative estimate of drug-likeness (QED) is 0.744. The maximum atomic E-state index is 11.6. The maximum absolute atomic E-state index is 11.6. The number of allylic oxidation sites excluding steroid dienone is 3. The molecule has 0 amide bonds. The Morgan fingerprint density at radius 2 is 1.96 bits per heavy atom. The van der Waals surface area contributed by atoms with Crippen LogP contribution in [0, 0.1) is 17.8 Å². The van der Waals surface area contributed by atoms with Crippen LogP contribution in [0.5, 0.6) is 0 Å². The largest absolute Gasteiger partial charge is 0.458 e. The predicted molar refractivity (Wildman–Crippen MR) is 109 cm³/mol. The van der Waals surface area contributed by atoms with E-state index in [-0.39, 0.29) is 29.3 Å². The zero-order chi connectivity index (χ0) is 19.8. The number of cyclic esters (lactones) is 1. The van der Waals surface area contributed by atoms with Crippen molar-refractivity contribution in [3.63, 3.8) is 0 Å². The lowest BCUT2D eigenvalue weighted by Crippen LogP contribution is -2.32. The van der Waals surface area contributed by atoms with Gasteiger partial charge in [-0.25, -0.2) is 0 Å². The maximum Gasteiger partial charge on any atom is 0.309 e. The Kier molecular flexibility index (Phi) is 5.36. The van der Waals surface area contributed by atoms with E-state index in [4.69, 9.17) is 4.74 Å². The molecule has 1 heterocycles. The summed E-state index contributed by atoms with van der Waals surface area (Å²) in [7, 11) is 0. The van der Waals surface area contributed by atoms with Gasteiger partial charge in [-0.05, 0) is 53.4 Å². The smallest absolute Gasteiger partial charge is 0.309 e. The topological polar surface area (TPSA) is 46.5 Å². The second kappa shape index (κ2) is 7.27. The van der Waals surface area contributed by atoms with Gasteiger partial charge >= 0.3 is 5.97 Å². The molecule has 1 aliphatic heterocycles. The van der Waals surface area contributed by atoms with Crippen molar-refractivity contribution < 1.29 is 14.6 Å². The highest BCUT2D eigenvalue weighted by Gasteiger charge is 2.38. The molecule has 27 heavy (non-hydrogen) atoms. The minimum Gasteiger partial charge on any atom is -0.458 e. The van der Waals surface area contributed by atoms with Crippen LogP contribution in [-0.4, -0.2) is 23.3 Å². The summed E-state index contributed by atoms with van der Waals surface area (Å²) in [4.78, 5) is 11.6. The van der Waals surface area contributed by atoms with Crippen LogP contribution in [0.25, 0.3) is 5.57 Å². The van der Waals surface area contributed by atoms with Crippen molar-refractivity contribution in [2.45, 2.75) is 72.5 Å². The van der Waals surface area contributed by atoms with Gasteiger partial charge in [0.1, 0.15) is 6.10 Å². The molecule has 1 fully saturated rings. The number of aliphatic hydroxyl groups is 1. The highest BCUT2D eigenvalue weighted by atomic mass is 16.5. The highest BCUT2D eigenvalue weighted by Crippen LogP contribution is 2.52. The molecule has 0 radical (unpaired) electrons. The molecule has 1 N–H and O–H groups in total. The second-order valence-corrected chi connectivity index (χ2v) is 9.64. The summed E-state index contributed by atoms with van der Waals surface area (Å²) in [5.41, 5.74) is 5.47. The van der Waals surface area contributed by atoms with Crippen molar-refractivity contribution in [2.24, 2.45) is 10.8 Å². The summed E-state index contributed by atoms with van der Waals surface area (Å²) in [5.74, 6) is -0.319. The molecule has 0 aromatic heterocycles. The lowest BCUT2D eigenvalue weighted by atomic mass is 9.61. The first-order valence-corrected chi connectivity index (χ1v) is 9.92. The van der Waals surface area contributed by atoms with Gasteiger partial charge < -0.3 is 9.84 Å². The van der Waals surface area contributed by atoms with E-state index in [0.29, 0.717) is 6.42 Å². The number of hydrogen-bond donors (Lipinski definition) is 1. The van der Waals surface area contributed by atoms with Gasteiger partial charge in [-0.3, -0.25) is 4.79 Å². The number of ether oxygens (including phenoxy) is 1. The van der Waals surface area contributed by atoms with Crippen molar-refractivity contribution in [1.29, 1.82) is 0 Å². The molecule has 2 atom stereocenters. The Labute approximate surface area is 163 Å². The third kappa shape index (κ3) is 4.70. The van der Waals surface area contributed by atoms with E-state index in [9.17, 15) is 9.90 Å². The van der Waals surface area contributed by atoms with E-state index in [1.807, 2.05) is 6.08 Å². The van der Waals surface area contributed by atoms with Gasteiger partial charge in [-0.15, -0.1) is 0 Å². The third-order valence-corrected chi connectivity index (χ3v) is 5.66. The number of carbonyl (C=O) groups excluding carboxylic acids is 1. The van der Waals surface area contributed by atoms with E-state index < -0.39 is 6.10 Å². The molecule has 3 rings (SSSR count). The number of benzene rings is 1. The van der Waals surface area contributed by atoms with E-state index in [2.05, 4.69) is 65.0 Å². The van der Waals surface area contributed by atoms with Gasteiger partial charge in [0.15, 0.2) is 0 Å². The number of esters is 1. The summed E-state index contributed by atoms with van der Waals surface area (Å²) >= 11 is 0. The fourth-order valence-corrected chi connectivity index (χ4v) is 4.88. The van der Waals surface area contributed by atoms with Gasteiger partial charge in [0, 0.05) is 6.42 Å². The molecule has 3 nitrogen and oxygen atoms in total. The molecule has 1 aromatic rings. The first kappa shape index (κ1) is 19.9. The molecule has 1 aromatic carbocycles. The average molecular weight is 369 g/mol. The van der Waals surface area contributed by atoms with E-state index >= 15 is 0 Å². The van der Waals surface area contributed by atoms with E-state index in [1.165, 1.54) is 22.3 Å². The molecule has 1 aliphatic carbocycles. The van der Waals surface area contributed by atoms with Crippen LogP contribution < -0.4 is 0 Å². The highest BCUT2D eigenvalue weighted by molar-refractivity contribution is 5.74. The molecule has 0 spiro atoms. The minimum atomic E-state index is -0.607. The Hall–Kier alpha value is -1.87. The van der Waals surface area contributed by atoms with Crippen LogP contribution in [0.4, 0.5) is 0 Å². The van der Waals surface area contributed by atoms with Gasteiger partial charge in [-0.2, -0.15) is 0 Å². The van der Waals surface area contributed by atoms with Crippen molar-refractivity contribution in [3.8, 4) is 0 Å². The molecule has 1 saturated heterocycles. The first-order valence-electron chi connectivity index (χ1n) is 9.92. The van der Waals surface area contributed by atoms with E-state index in [1.54, 1.807) is 0 Å². The molecule has 3 heteroatoms. The van der Waals surface area contributed by atoms with Gasteiger partial charge in [0.25, 0.3) is 0 Å². The Morgan fingerprint density at radius 3 is 2.63 bits per heavy atom. The van der Waals surface area contributed by atoms with Crippen LogP contribution in [-0.2, 0) is 9.53 Å². The summed E-state index contributed by atoms with van der Waals surface area (Å²) in [5, 5.41) is 9.87. The summed E-state index contributed by atoms with van der Waals surface area (Å²) < 4.78 is 5.41. The van der Waals surface area contributed by atoms with Crippen molar-refractivity contribution >= 4 is 11.5 Å². The molecule has 0 bridgehead atoms. The Balaban J connectivity index is 2.02. The molecule has 2 aliphatic rings. The van der Waals surface area contributed by atoms with Gasteiger partial charge in [-0.1, -0.05) is 63.6 Å². The van der Waals surface area contributed by atoms with Crippen LogP contribution in [0.1, 0.15) is 64.5 Å². The standard InChI is InChI=1S/C24H32O3/c1-16-7-6-8-17(11-16)20-14-23(2,3)15-24(4,5)21(20)10-9-19-12-18(25)13-22(26)27-19/h6-11,18-19,25H,12-15H2,1-5H3. The van der Waals surface area contributed by atoms with Crippen molar-refractivity contribution in [3.05, 3.63) is 53.1 Å². The Bertz CT molecular complexity index is 783. The molecule has 146 valence electrons. The Morgan fingerprint density at radius 1 is 1.22 bits per heavy atom. The second-order valence-electron chi connectivity index (χ2n) is 9.64. The summed E-state index contributed by atoms with van der Waals surface area (Å²) in [6, 6.07) is 8.69. The fraction of sp³-hybridized carbons (Fsp3) is 0.542. The van der Waals surface area contributed by atoms with Crippen molar-refractivity contribution in [2.75, 3.05) is 0 Å². The number of rotatable bonds is 3. The van der Waals surface area contributed by atoms with Crippen molar-refractivity contribution in [1.82, 2.24) is 0 Å². The fourth-order valence-electron chi connectivity index (χ4n) is 4.88. The van der Waals surface area contributed by atoms with Crippen LogP contribution >= 0.6 is 0 Å². The molecular formula is C24H32O3. The van der Waals surface area contributed by atoms with E-state index in [0.717, 1.165) is 12.8 Å². The monoisotopic (exact) mass is 368 g/mol. The first-order chi connectivity index (χ1) is 12.6. The van der Waals surface area contributed by atoms with Gasteiger partial charge in [0.2, 0.25) is 0 Å². The van der Waals surface area contributed by atoms with Crippen LogP contribution in [0.3, 0.4) is 0 Å². The minimum absolute atomic E-state index is 0.0224. The average Bonchev–Trinajstić information content (AvgIpc) is 2.50. The molecule has 2 unspecified atom stereocenters. The molecule has 0 saturated carbocycles. The van der Waals surface area contributed by atoms with Crippen LogP contribution in [0.2, 0.25) is 0 Å². The zero-order valence-corrected chi connectivity index (χ0v) is 17.2.